The van der Waals surface area contributed by atoms with Crippen molar-refractivity contribution in [3.05, 3.63) is 0 Å². The predicted molar refractivity (Wildman–Crippen MR) is 104 cm³/mol. The molecule has 0 aliphatic carbocycles. The van der Waals surface area contributed by atoms with E-state index in [4.69, 9.17) is 23.6 Å². The molecule has 2 fully saturated rings. The van der Waals surface area contributed by atoms with Crippen molar-refractivity contribution < 1.29 is 0 Å². The zero-order valence-electron chi connectivity index (χ0n) is 14.1. The average Bonchev–Trinajstić information content (AvgIpc) is 2.81. The van der Waals surface area contributed by atoms with Crippen LogP contribution in [0.4, 0.5) is 0 Å². The fourth-order valence-electron chi connectivity index (χ4n) is 4.43. The second kappa shape index (κ2) is 5.43. The van der Waals surface area contributed by atoms with E-state index in [1.807, 2.05) is 0 Å². The van der Waals surface area contributed by atoms with Gasteiger partial charge < -0.3 is 0 Å². The first-order valence-corrected chi connectivity index (χ1v) is 14.2. The molecule has 2 aliphatic rings. The lowest BCUT2D eigenvalue weighted by molar-refractivity contribution is 0.670. The van der Waals surface area contributed by atoms with Crippen LogP contribution in [0, 0.1) is 0 Å². The van der Waals surface area contributed by atoms with Gasteiger partial charge in [-0.05, 0) is 71.7 Å². The minimum Gasteiger partial charge on any atom is -0.0966 e. The standard InChI is InChI=1S/C16H32P2S2/c1-15(2,3)17(19)11-7-9-13(17)14-10-8-12-18(14,20)16(4,5)6/h13-14H,7-12H2,1-6H3/t13-,14+,17-,18+. The summed E-state index contributed by atoms with van der Waals surface area (Å²) in [6, 6.07) is -2.54. The summed E-state index contributed by atoms with van der Waals surface area (Å²) in [7, 11) is 0. The molecule has 20 heavy (non-hydrogen) atoms. The highest BCUT2D eigenvalue weighted by Gasteiger charge is 2.53. The maximum absolute atomic E-state index is 6.37. The Balaban J connectivity index is 2.41. The van der Waals surface area contributed by atoms with Crippen LogP contribution in [-0.2, 0) is 23.6 Å². The number of hydrogen-bond donors (Lipinski definition) is 0. The molecule has 0 spiro atoms. The van der Waals surface area contributed by atoms with Crippen LogP contribution in [0.2, 0.25) is 0 Å². The molecule has 0 bridgehead atoms. The van der Waals surface area contributed by atoms with E-state index >= 15 is 0 Å². The minimum atomic E-state index is -1.27. The molecule has 0 aromatic rings. The summed E-state index contributed by atoms with van der Waals surface area (Å²) >= 11 is 12.7. The first kappa shape index (κ1) is 17.7. The van der Waals surface area contributed by atoms with Crippen molar-refractivity contribution in [2.24, 2.45) is 0 Å². The third-order valence-electron chi connectivity index (χ3n) is 5.77. The van der Waals surface area contributed by atoms with Crippen LogP contribution in [0.3, 0.4) is 0 Å². The quantitative estimate of drug-likeness (QED) is 0.543. The lowest BCUT2D eigenvalue weighted by atomic mass is 10.1. The molecule has 0 amide bonds. The van der Waals surface area contributed by atoms with Crippen LogP contribution < -0.4 is 0 Å². The normalized spacial score (nSPS) is 43.1. The van der Waals surface area contributed by atoms with E-state index in [9.17, 15) is 0 Å². The van der Waals surface area contributed by atoms with E-state index in [-0.39, 0.29) is 0 Å². The van der Waals surface area contributed by atoms with Crippen LogP contribution in [0.25, 0.3) is 0 Å². The van der Waals surface area contributed by atoms with Gasteiger partial charge in [0.1, 0.15) is 0 Å². The van der Waals surface area contributed by atoms with Crippen molar-refractivity contribution in [2.45, 2.75) is 88.9 Å². The van der Waals surface area contributed by atoms with Gasteiger partial charge in [-0.1, -0.05) is 65.2 Å². The lowest BCUT2D eigenvalue weighted by Gasteiger charge is -2.45. The molecule has 0 aromatic carbocycles. The van der Waals surface area contributed by atoms with Gasteiger partial charge in [-0.25, -0.2) is 0 Å². The van der Waals surface area contributed by atoms with E-state index < -0.39 is 12.1 Å². The topological polar surface area (TPSA) is 0 Å². The molecule has 4 heteroatoms. The summed E-state index contributed by atoms with van der Waals surface area (Å²) in [5.74, 6) is 0. The molecule has 0 aromatic heterocycles. The molecule has 0 radical (unpaired) electrons. The molecule has 2 rings (SSSR count). The van der Waals surface area contributed by atoms with E-state index in [0.29, 0.717) is 10.3 Å². The number of rotatable bonds is 1. The smallest absolute Gasteiger partial charge is 0.00386 e. The van der Waals surface area contributed by atoms with Gasteiger partial charge in [0.05, 0.1) is 0 Å². The van der Waals surface area contributed by atoms with E-state index in [1.165, 1.54) is 38.0 Å². The van der Waals surface area contributed by atoms with Gasteiger partial charge in [0.2, 0.25) is 0 Å². The van der Waals surface area contributed by atoms with Gasteiger partial charge in [0.25, 0.3) is 0 Å². The average molecular weight is 351 g/mol. The fraction of sp³-hybridized carbons (Fsp3) is 1.00. The summed E-state index contributed by atoms with van der Waals surface area (Å²) in [6.45, 7) is 14.4. The highest BCUT2D eigenvalue weighted by atomic mass is 32.4. The largest absolute Gasteiger partial charge is 0.0966 e. The molecular formula is C16H32P2S2. The molecule has 2 saturated heterocycles. The lowest BCUT2D eigenvalue weighted by Crippen LogP contribution is -2.33. The second-order valence-electron chi connectivity index (χ2n) is 8.80. The zero-order chi connectivity index (χ0) is 15.4. The Morgan fingerprint density at radius 2 is 1.00 bits per heavy atom. The Morgan fingerprint density at radius 3 is 1.25 bits per heavy atom. The monoisotopic (exact) mass is 350 g/mol. The van der Waals surface area contributed by atoms with Crippen molar-refractivity contribution in [2.75, 3.05) is 12.3 Å². The summed E-state index contributed by atoms with van der Waals surface area (Å²) < 4.78 is 0. The second-order valence-corrected chi connectivity index (χ2v) is 20.8. The van der Waals surface area contributed by atoms with Gasteiger partial charge in [0.15, 0.2) is 0 Å². The molecule has 2 aliphatic heterocycles. The third-order valence-corrected chi connectivity index (χ3v) is 21.9. The molecule has 2 heterocycles. The zero-order valence-corrected chi connectivity index (χ0v) is 17.5. The van der Waals surface area contributed by atoms with E-state index in [2.05, 4.69) is 41.5 Å². The van der Waals surface area contributed by atoms with E-state index in [0.717, 1.165) is 11.3 Å². The highest BCUT2D eigenvalue weighted by Crippen LogP contribution is 2.77. The van der Waals surface area contributed by atoms with Crippen molar-refractivity contribution >= 4 is 35.7 Å². The van der Waals surface area contributed by atoms with Gasteiger partial charge in [-0.15, -0.1) is 0 Å². The summed E-state index contributed by atoms with van der Waals surface area (Å²) in [5.41, 5.74) is 1.62. The first-order chi connectivity index (χ1) is 8.93. The molecule has 0 saturated carbocycles. The van der Waals surface area contributed by atoms with Crippen molar-refractivity contribution in [3.8, 4) is 0 Å². The van der Waals surface area contributed by atoms with Crippen LogP contribution in [0.5, 0.6) is 0 Å². The molecule has 118 valence electrons. The molecule has 0 unspecified atom stereocenters. The van der Waals surface area contributed by atoms with Gasteiger partial charge in [-0.3, -0.25) is 0 Å². The summed E-state index contributed by atoms with van der Waals surface area (Å²) in [6.07, 6.45) is 8.19. The maximum atomic E-state index is 6.37. The minimum absolute atomic E-state index is 0.337. The SMILES string of the molecule is CC(C)(C)[P@@]1(=S)CCC[C@@H]1[C@@H]1CCC[P@@]1(=S)C(C)(C)C. The Labute approximate surface area is 136 Å². The Hall–Kier alpha value is 1.30. The highest BCUT2D eigenvalue weighted by molar-refractivity contribution is 8.18. The van der Waals surface area contributed by atoms with Crippen LogP contribution in [0.1, 0.15) is 67.2 Å². The van der Waals surface area contributed by atoms with Crippen LogP contribution >= 0.6 is 12.1 Å². The van der Waals surface area contributed by atoms with Gasteiger partial charge in [0, 0.05) is 0 Å². The maximum Gasteiger partial charge on any atom is -0.00386 e. The fourth-order valence-corrected chi connectivity index (χ4v) is 16.5. The van der Waals surface area contributed by atoms with Gasteiger partial charge >= 0.3 is 0 Å². The van der Waals surface area contributed by atoms with E-state index in [1.54, 1.807) is 0 Å². The molecular weight excluding hydrogens is 318 g/mol. The number of hydrogen-bond acceptors (Lipinski definition) is 2. The van der Waals surface area contributed by atoms with Crippen molar-refractivity contribution in [3.63, 3.8) is 0 Å². The Bertz CT molecular complexity index is 424. The van der Waals surface area contributed by atoms with Crippen LogP contribution in [0.15, 0.2) is 0 Å². The summed E-state index contributed by atoms with van der Waals surface area (Å²) in [4.78, 5) is 0. The summed E-state index contributed by atoms with van der Waals surface area (Å²) in [5, 5.41) is 0.675. The van der Waals surface area contributed by atoms with Crippen molar-refractivity contribution in [1.82, 2.24) is 0 Å². The first-order valence-electron chi connectivity index (χ1n) is 8.11. The molecule has 0 nitrogen and oxygen atoms in total. The molecule has 0 N–H and O–H groups in total. The molecule has 4 atom stereocenters. The third kappa shape index (κ3) is 2.66. The van der Waals surface area contributed by atoms with Crippen molar-refractivity contribution in [1.29, 1.82) is 0 Å². The van der Waals surface area contributed by atoms with Gasteiger partial charge in [-0.2, -0.15) is 0 Å². The Morgan fingerprint density at radius 1 is 0.700 bits per heavy atom. The predicted octanol–water partition coefficient (Wildman–Crippen LogP) is 5.87. The Kier molecular flexibility index (Phi) is 4.80. The van der Waals surface area contributed by atoms with Crippen LogP contribution in [-0.4, -0.2) is 34.0 Å².